The maximum Gasteiger partial charge on any atom is 0.170 e. The second-order valence-electron chi connectivity index (χ2n) is 3.15. The van der Waals surface area contributed by atoms with Crippen molar-refractivity contribution in [2.45, 2.75) is 6.42 Å². The number of nitrogens with zero attached hydrogens (tertiary/aromatic N) is 1. The van der Waals surface area contributed by atoms with Crippen molar-refractivity contribution >= 4 is 17.4 Å². The highest BCUT2D eigenvalue weighted by Gasteiger charge is 2.08. The van der Waals surface area contributed by atoms with Crippen LogP contribution in [0.15, 0.2) is 36.7 Å². The van der Waals surface area contributed by atoms with E-state index in [4.69, 9.17) is 11.6 Å². The average Bonchev–Trinajstić information content (AvgIpc) is 2.70. The quantitative estimate of drug-likeness (QED) is 0.808. The van der Waals surface area contributed by atoms with E-state index >= 15 is 0 Å². The largest absolute Gasteiger partial charge is 0.348 e. The Morgan fingerprint density at radius 2 is 2.33 bits per heavy atom. The Labute approximate surface area is 92.1 Å². The lowest BCUT2D eigenvalue weighted by atomic mass is 10.1. The van der Waals surface area contributed by atoms with Crippen LogP contribution in [0, 0.1) is 0 Å². The third-order valence-electron chi connectivity index (χ3n) is 2.03. The zero-order valence-corrected chi connectivity index (χ0v) is 8.66. The Hall–Kier alpha value is -1.61. The van der Waals surface area contributed by atoms with Gasteiger partial charge in [-0.3, -0.25) is 4.79 Å². The van der Waals surface area contributed by atoms with Crippen molar-refractivity contribution in [2.24, 2.45) is 0 Å². The normalized spacial score (nSPS) is 10.2. The van der Waals surface area contributed by atoms with Crippen molar-refractivity contribution in [3.63, 3.8) is 0 Å². The smallest absolute Gasteiger partial charge is 0.170 e. The molecule has 1 heterocycles. The Bertz CT molecular complexity index is 465. The van der Waals surface area contributed by atoms with Crippen LogP contribution >= 0.6 is 11.6 Å². The number of rotatable bonds is 3. The Balaban J connectivity index is 2.15. The van der Waals surface area contributed by atoms with E-state index in [0.717, 1.165) is 0 Å². The predicted octanol–water partition coefficient (Wildman–Crippen LogP) is 2.49. The summed E-state index contributed by atoms with van der Waals surface area (Å²) in [7, 11) is 0. The fraction of sp³-hybridized carbons (Fsp3) is 0.0909. The first kappa shape index (κ1) is 9.93. The molecule has 1 aromatic carbocycles. The summed E-state index contributed by atoms with van der Waals surface area (Å²) in [5, 5.41) is 0.570. The number of H-pyrrole nitrogens is 1. The number of carbonyl (C=O) groups excluding carboxylic acids is 1. The summed E-state index contributed by atoms with van der Waals surface area (Å²) in [5.74, 6) is 0.674. The molecule has 0 aliphatic heterocycles. The molecule has 0 atom stereocenters. The van der Waals surface area contributed by atoms with Gasteiger partial charge in [0.1, 0.15) is 5.82 Å². The van der Waals surface area contributed by atoms with Crippen molar-refractivity contribution in [3.05, 3.63) is 53.1 Å². The van der Waals surface area contributed by atoms with Gasteiger partial charge in [-0.15, -0.1) is 0 Å². The molecule has 0 aliphatic carbocycles. The molecule has 2 rings (SSSR count). The highest BCUT2D eigenvalue weighted by Crippen LogP contribution is 2.12. The minimum absolute atomic E-state index is 0.00690. The van der Waals surface area contributed by atoms with Crippen molar-refractivity contribution in [3.8, 4) is 0 Å². The lowest BCUT2D eigenvalue weighted by Gasteiger charge is -1.99. The lowest BCUT2D eigenvalue weighted by Crippen LogP contribution is -2.04. The minimum atomic E-state index is 0.00690. The van der Waals surface area contributed by atoms with Crippen LogP contribution in [-0.2, 0) is 6.42 Å². The predicted molar refractivity (Wildman–Crippen MR) is 58.1 cm³/mol. The fourth-order valence-corrected chi connectivity index (χ4v) is 1.50. The van der Waals surface area contributed by atoms with Crippen LogP contribution in [0.5, 0.6) is 0 Å². The molecule has 1 aromatic heterocycles. The van der Waals surface area contributed by atoms with Gasteiger partial charge in [0.15, 0.2) is 5.78 Å². The highest BCUT2D eigenvalue weighted by atomic mass is 35.5. The van der Waals surface area contributed by atoms with Crippen LogP contribution in [0.2, 0.25) is 5.02 Å². The van der Waals surface area contributed by atoms with E-state index < -0.39 is 0 Å². The van der Waals surface area contributed by atoms with Gasteiger partial charge < -0.3 is 4.98 Å². The molecular weight excluding hydrogens is 212 g/mol. The molecule has 0 radical (unpaired) electrons. The maximum absolute atomic E-state index is 11.7. The number of ketones is 1. The van der Waals surface area contributed by atoms with E-state index in [2.05, 4.69) is 9.97 Å². The van der Waals surface area contributed by atoms with E-state index in [9.17, 15) is 4.79 Å². The second-order valence-corrected chi connectivity index (χ2v) is 3.58. The zero-order chi connectivity index (χ0) is 10.7. The number of benzene rings is 1. The summed E-state index contributed by atoms with van der Waals surface area (Å²) in [5.41, 5.74) is 0.610. The molecule has 0 amide bonds. The summed E-state index contributed by atoms with van der Waals surface area (Å²) in [4.78, 5) is 18.6. The Kier molecular flexibility index (Phi) is 2.83. The van der Waals surface area contributed by atoms with Gasteiger partial charge in [0.2, 0.25) is 0 Å². The molecule has 2 aromatic rings. The first-order valence-corrected chi connectivity index (χ1v) is 4.90. The summed E-state index contributed by atoms with van der Waals surface area (Å²) < 4.78 is 0. The summed E-state index contributed by atoms with van der Waals surface area (Å²) in [6.45, 7) is 0. The molecular formula is C11H9ClN2O. The Morgan fingerprint density at radius 3 is 3.00 bits per heavy atom. The SMILES string of the molecule is O=C(Cc1ncc[nH]1)c1cccc(Cl)c1. The van der Waals surface area contributed by atoms with Crippen LogP contribution in [0.1, 0.15) is 16.2 Å². The Morgan fingerprint density at radius 1 is 1.47 bits per heavy atom. The van der Waals surface area contributed by atoms with E-state index in [-0.39, 0.29) is 12.2 Å². The number of imidazole rings is 1. The van der Waals surface area contributed by atoms with Crippen molar-refractivity contribution in [1.82, 2.24) is 9.97 Å². The number of aromatic amines is 1. The molecule has 0 spiro atoms. The molecule has 76 valence electrons. The van der Waals surface area contributed by atoms with Crippen LogP contribution in [0.3, 0.4) is 0 Å². The molecule has 0 saturated carbocycles. The average molecular weight is 221 g/mol. The third kappa shape index (κ3) is 2.44. The first-order valence-electron chi connectivity index (χ1n) is 4.53. The minimum Gasteiger partial charge on any atom is -0.348 e. The van der Waals surface area contributed by atoms with Gasteiger partial charge in [0.25, 0.3) is 0 Å². The molecule has 0 bridgehead atoms. The second kappa shape index (κ2) is 4.28. The van der Waals surface area contributed by atoms with Gasteiger partial charge in [-0.05, 0) is 12.1 Å². The lowest BCUT2D eigenvalue weighted by molar-refractivity contribution is 0.0991. The van der Waals surface area contributed by atoms with Crippen LogP contribution in [-0.4, -0.2) is 15.8 Å². The standard InChI is InChI=1S/C11H9ClN2O/c12-9-3-1-2-8(6-9)10(15)7-11-13-4-5-14-11/h1-6H,7H2,(H,13,14). The maximum atomic E-state index is 11.7. The highest BCUT2D eigenvalue weighted by molar-refractivity contribution is 6.31. The first-order chi connectivity index (χ1) is 7.25. The van der Waals surface area contributed by atoms with E-state index in [0.29, 0.717) is 16.4 Å². The molecule has 0 saturated heterocycles. The van der Waals surface area contributed by atoms with Crippen LogP contribution < -0.4 is 0 Å². The van der Waals surface area contributed by atoms with Crippen LogP contribution in [0.25, 0.3) is 0 Å². The van der Waals surface area contributed by atoms with Crippen molar-refractivity contribution < 1.29 is 4.79 Å². The van der Waals surface area contributed by atoms with E-state index in [1.807, 2.05) is 0 Å². The van der Waals surface area contributed by atoms with Crippen LogP contribution in [0.4, 0.5) is 0 Å². The van der Waals surface area contributed by atoms with E-state index in [1.54, 1.807) is 36.7 Å². The van der Waals surface area contributed by atoms with Gasteiger partial charge in [-0.25, -0.2) is 4.98 Å². The number of carbonyl (C=O) groups is 1. The number of halogens is 1. The zero-order valence-electron chi connectivity index (χ0n) is 7.90. The molecule has 1 N–H and O–H groups in total. The van der Waals surface area contributed by atoms with Gasteiger partial charge in [0, 0.05) is 23.0 Å². The number of nitrogens with one attached hydrogen (secondary N) is 1. The number of hydrogen-bond acceptors (Lipinski definition) is 2. The third-order valence-corrected chi connectivity index (χ3v) is 2.26. The van der Waals surface area contributed by atoms with Gasteiger partial charge in [-0.1, -0.05) is 23.7 Å². The molecule has 4 heteroatoms. The molecule has 3 nitrogen and oxygen atoms in total. The molecule has 0 aliphatic rings. The summed E-state index contributed by atoms with van der Waals surface area (Å²) in [6.07, 6.45) is 3.59. The van der Waals surface area contributed by atoms with Gasteiger partial charge in [-0.2, -0.15) is 0 Å². The number of Topliss-reactive ketones (excluding diaryl/α,β-unsaturated/α-hetero) is 1. The van der Waals surface area contributed by atoms with Crippen molar-refractivity contribution in [2.75, 3.05) is 0 Å². The number of hydrogen-bond donors (Lipinski definition) is 1. The number of aromatic nitrogens is 2. The fourth-order valence-electron chi connectivity index (χ4n) is 1.31. The molecule has 0 unspecified atom stereocenters. The monoisotopic (exact) mass is 220 g/mol. The topological polar surface area (TPSA) is 45.8 Å². The van der Waals surface area contributed by atoms with Gasteiger partial charge in [0.05, 0.1) is 6.42 Å². The molecule has 15 heavy (non-hydrogen) atoms. The van der Waals surface area contributed by atoms with Crippen molar-refractivity contribution in [1.29, 1.82) is 0 Å². The summed E-state index contributed by atoms with van der Waals surface area (Å²) >= 11 is 5.80. The van der Waals surface area contributed by atoms with E-state index in [1.165, 1.54) is 0 Å². The van der Waals surface area contributed by atoms with Gasteiger partial charge >= 0.3 is 0 Å². The summed E-state index contributed by atoms with van der Waals surface area (Å²) in [6, 6.07) is 6.91. The molecule has 0 fully saturated rings.